The highest BCUT2D eigenvalue weighted by Gasteiger charge is 2.16. The largest absolute Gasteiger partial charge is 0.293 e. The van der Waals surface area contributed by atoms with Gasteiger partial charge in [-0.05, 0) is 43.5 Å². The predicted molar refractivity (Wildman–Crippen MR) is 80.2 cm³/mol. The number of aromatic nitrogens is 3. The molecular formula is C15H14FN3OS. The Labute approximate surface area is 125 Å². The minimum absolute atomic E-state index is 0.0218. The number of fused-ring (bicyclic) bond motifs is 1. The van der Waals surface area contributed by atoms with Crippen molar-refractivity contribution in [3.8, 4) is 0 Å². The molecule has 0 atom stereocenters. The lowest BCUT2D eigenvalue weighted by molar-refractivity contribution is 0.0993. The first-order valence-corrected chi connectivity index (χ1v) is 7.47. The van der Waals surface area contributed by atoms with E-state index in [1.54, 1.807) is 16.8 Å². The Balaban J connectivity index is 1.88. The average Bonchev–Trinajstić information content (AvgIpc) is 3.04. The summed E-state index contributed by atoms with van der Waals surface area (Å²) in [5, 5.41) is 4.88. The van der Waals surface area contributed by atoms with Crippen molar-refractivity contribution >= 4 is 27.2 Å². The third-order valence-corrected chi connectivity index (χ3v) is 4.37. The Bertz CT molecular complexity index is 806. The molecule has 0 aliphatic heterocycles. The molecule has 108 valence electrons. The van der Waals surface area contributed by atoms with E-state index >= 15 is 0 Å². The molecule has 0 radical (unpaired) electrons. The summed E-state index contributed by atoms with van der Waals surface area (Å²) in [4.78, 5) is 17.1. The summed E-state index contributed by atoms with van der Waals surface area (Å²) < 4.78 is 15.8. The summed E-state index contributed by atoms with van der Waals surface area (Å²) in [5.74, 6) is 0.337. The Kier molecular flexibility index (Phi) is 3.55. The highest BCUT2D eigenvalue weighted by atomic mass is 32.1. The normalized spacial score (nSPS) is 11.4. The van der Waals surface area contributed by atoms with Crippen molar-refractivity contribution in [2.45, 2.75) is 26.3 Å². The smallest absolute Gasteiger partial charge is 0.180 e. The van der Waals surface area contributed by atoms with Crippen LogP contribution in [0.2, 0.25) is 0 Å². The van der Waals surface area contributed by atoms with Crippen LogP contribution >= 0.6 is 11.3 Å². The molecule has 3 aromatic rings. The zero-order valence-electron chi connectivity index (χ0n) is 11.7. The summed E-state index contributed by atoms with van der Waals surface area (Å²) in [6.07, 6.45) is 1.66. The summed E-state index contributed by atoms with van der Waals surface area (Å²) in [7, 11) is 0. The molecule has 2 heterocycles. The van der Waals surface area contributed by atoms with Gasteiger partial charge in [0.05, 0.1) is 11.3 Å². The summed E-state index contributed by atoms with van der Waals surface area (Å²) in [6.45, 7) is 3.98. The van der Waals surface area contributed by atoms with Gasteiger partial charge in [0.25, 0.3) is 0 Å². The van der Waals surface area contributed by atoms with E-state index in [-0.39, 0.29) is 24.1 Å². The highest BCUT2D eigenvalue weighted by Crippen LogP contribution is 2.27. The maximum Gasteiger partial charge on any atom is 0.180 e. The van der Waals surface area contributed by atoms with E-state index < -0.39 is 0 Å². The van der Waals surface area contributed by atoms with Gasteiger partial charge in [-0.25, -0.2) is 14.1 Å². The zero-order valence-corrected chi connectivity index (χ0v) is 12.5. The van der Waals surface area contributed by atoms with E-state index in [4.69, 9.17) is 0 Å². The van der Waals surface area contributed by atoms with E-state index in [1.165, 1.54) is 29.8 Å². The first-order valence-electron chi connectivity index (χ1n) is 6.65. The van der Waals surface area contributed by atoms with Crippen molar-refractivity contribution in [1.82, 2.24) is 14.8 Å². The number of carbonyl (C=O) groups is 1. The second kappa shape index (κ2) is 5.37. The van der Waals surface area contributed by atoms with E-state index in [9.17, 15) is 9.18 Å². The molecule has 0 aliphatic carbocycles. The van der Waals surface area contributed by atoms with Gasteiger partial charge in [0.2, 0.25) is 0 Å². The number of nitrogens with zero attached hydrogens (tertiary/aromatic N) is 3. The number of benzene rings is 1. The highest BCUT2D eigenvalue weighted by molar-refractivity contribution is 7.20. The van der Waals surface area contributed by atoms with Crippen molar-refractivity contribution in [2.24, 2.45) is 0 Å². The molecule has 21 heavy (non-hydrogen) atoms. The molecule has 0 saturated heterocycles. The lowest BCUT2D eigenvalue weighted by Gasteiger charge is -2.08. The molecule has 0 aliphatic rings. The lowest BCUT2D eigenvalue weighted by Crippen LogP contribution is -2.12. The number of ketones is 1. The van der Waals surface area contributed by atoms with Gasteiger partial charge in [0.1, 0.15) is 18.0 Å². The predicted octanol–water partition coefficient (Wildman–Crippen LogP) is 3.64. The SMILES string of the molecule is CC(C)n1ncnc1CC(=O)c1cc2cc(F)ccc2s1. The number of halogens is 1. The monoisotopic (exact) mass is 303 g/mol. The zero-order chi connectivity index (χ0) is 15.0. The van der Waals surface area contributed by atoms with Crippen LogP contribution < -0.4 is 0 Å². The minimum atomic E-state index is -0.293. The fourth-order valence-corrected chi connectivity index (χ4v) is 3.19. The van der Waals surface area contributed by atoms with Crippen molar-refractivity contribution in [2.75, 3.05) is 0 Å². The topological polar surface area (TPSA) is 47.8 Å². The quantitative estimate of drug-likeness (QED) is 0.691. The molecule has 4 nitrogen and oxygen atoms in total. The van der Waals surface area contributed by atoms with Crippen LogP contribution in [-0.4, -0.2) is 20.5 Å². The van der Waals surface area contributed by atoms with Gasteiger partial charge in [0, 0.05) is 10.7 Å². The number of carbonyl (C=O) groups excluding carboxylic acids is 1. The van der Waals surface area contributed by atoms with Crippen molar-refractivity contribution in [3.63, 3.8) is 0 Å². The van der Waals surface area contributed by atoms with Crippen LogP contribution in [0.5, 0.6) is 0 Å². The third kappa shape index (κ3) is 2.71. The van der Waals surface area contributed by atoms with Crippen molar-refractivity contribution < 1.29 is 9.18 Å². The van der Waals surface area contributed by atoms with Crippen molar-refractivity contribution in [1.29, 1.82) is 0 Å². The van der Waals surface area contributed by atoms with Crippen LogP contribution in [0.25, 0.3) is 10.1 Å². The molecule has 0 fully saturated rings. The molecule has 0 unspecified atom stereocenters. The maximum absolute atomic E-state index is 13.2. The first kappa shape index (κ1) is 13.9. The Morgan fingerprint density at radius 2 is 2.19 bits per heavy atom. The molecule has 0 amide bonds. The molecule has 6 heteroatoms. The van der Waals surface area contributed by atoms with Crippen LogP contribution in [0.3, 0.4) is 0 Å². The molecule has 0 bridgehead atoms. The number of Topliss-reactive ketones (excluding diaryl/α,β-unsaturated/α-hetero) is 1. The van der Waals surface area contributed by atoms with Gasteiger partial charge in [-0.3, -0.25) is 4.79 Å². The number of rotatable bonds is 4. The summed E-state index contributed by atoms with van der Waals surface area (Å²) in [5.41, 5.74) is 0. The van der Waals surface area contributed by atoms with Gasteiger partial charge in [-0.15, -0.1) is 11.3 Å². The molecule has 0 N–H and O–H groups in total. The Morgan fingerprint density at radius 3 is 2.95 bits per heavy atom. The number of hydrogen-bond donors (Lipinski definition) is 0. The number of thiophene rings is 1. The molecular weight excluding hydrogens is 289 g/mol. The van der Waals surface area contributed by atoms with Gasteiger partial charge in [-0.2, -0.15) is 5.10 Å². The molecule has 0 saturated carbocycles. The van der Waals surface area contributed by atoms with Crippen LogP contribution in [0, 0.1) is 5.82 Å². The van der Waals surface area contributed by atoms with Gasteiger partial charge >= 0.3 is 0 Å². The minimum Gasteiger partial charge on any atom is -0.293 e. The average molecular weight is 303 g/mol. The van der Waals surface area contributed by atoms with E-state index in [0.717, 1.165) is 10.1 Å². The standard InChI is InChI=1S/C15H14FN3OS/c1-9(2)19-15(17-8-18-19)7-12(20)14-6-10-5-11(16)3-4-13(10)21-14/h3-6,8-9H,7H2,1-2H3. The second-order valence-electron chi connectivity index (χ2n) is 5.11. The summed E-state index contributed by atoms with van der Waals surface area (Å²) in [6, 6.07) is 6.44. The van der Waals surface area contributed by atoms with Gasteiger partial charge in [-0.1, -0.05) is 0 Å². The van der Waals surface area contributed by atoms with E-state index in [2.05, 4.69) is 10.1 Å². The molecule has 2 aromatic heterocycles. The van der Waals surface area contributed by atoms with Crippen molar-refractivity contribution in [3.05, 3.63) is 47.1 Å². The van der Waals surface area contributed by atoms with Crippen LogP contribution in [0.4, 0.5) is 4.39 Å². The Hall–Kier alpha value is -2.08. The fourth-order valence-electron chi connectivity index (χ4n) is 2.21. The lowest BCUT2D eigenvalue weighted by atomic mass is 10.2. The molecule has 1 aromatic carbocycles. The van der Waals surface area contributed by atoms with E-state index in [0.29, 0.717) is 10.7 Å². The molecule has 0 spiro atoms. The third-order valence-electron chi connectivity index (χ3n) is 3.21. The van der Waals surface area contributed by atoms with E-state index in [1.807, 2.05) is 13.8 Å². The number of hydrogen-bond acceptors (Lipinski definition) is 4. The summed E-state index contributed by atoms with van der Waals surface area (Å²) >= 11 is 1.38. The maximum atomic E-state index is 13.2. The Morgan fingerprint density at radius 1 is 1.38 bits per heavy atom. The molecule has 3 rings (SSSR count). The van der Waals surface area contributed by atoms with Gasteiger partial charge in [0.15, 0.2) is 5.78 Å². The second-order valence-corrected chi connectivity index (χ2v) is 6.19. The van der Waals surface area contributed by atoms with Crippen LogP contribution in [0.15, 0.2) is 30.6 Å². The van der Waals surface area contributed by atoms with Crippen LogP contribution in [-0.2, 0) is 6.42 Å². The first-order chi connectivity index (χ1) is 10.0. The van der Waals surface area contributed by atoms with Crippen LogP contribution in [0.1, 0.15) is 35.4 Å². The fraction of sp³-hybridized carbons (Fsp3) is 0.267. The van der Waals surface area contributed by atoms with Gasteiger partial charge < -0.3 is 0 Å².